The molecule has 2 nitrogen and oxygen atoms in total. The van der Waals surface area contributed by atoms with Crippen LogP contribution in [0.2, 0.25) is 0 Å². The fourth-order valence-corrected chi connectivity index (χ4v) is 2.48. The van der Waals surface area contributed by atoms with Crippen molar-refractivity contribution >= 4 is 5.78 Å². The first-order valence-electron chi connectivity index (χ1n) is 8.14. The molecule has 3 rings (SSSR count). The van der Waals surface area contributed by atoms with Gasteiger partial charge in [-0.25, -0.2) is 0 Å². The van der Waals surface area contributed by atoms with E-state index in [9.17, 15) is 4.79 Å². The van der Waals surface area contributed by atoms with Gasteiger partial charge in [-0.2, -0.15) is 0 Å². The third-order valence-corrected chi connectivity index (χ3v) is 4.00. The standard InChI is InChI=1S/C22H20O2/c1-3-17-6-8-18(9-7-17)22(23)19-10-14-21(15-11-19)24-20-12-4-16(2)5-13-20/h4-15H,3H2,1-2H3. The number of rotatable bonds is 5. The number of hydrogen-bond donors (Lipinski definition) is 0. The molecule has 24 heavy (non-hydrogen) atoms. The summed E-state index contributed by atoms with van der Waals surface area (Å²) in [4.78, 5) is 12.5. The highest BCUT2D eigenvalue weighted by Crippen LogP contribution is 2.23. The quantitative estimate of drug-likeness (QED) is 0.574. The molecule has 0 unspecified atom stereocenters. The SMILES string of the molecule is CCc1ccc(C(=O)c2ccc(Oc3ccc(C)cc3)cc2)cc1. The van der Waals surface area contributed by atoms with Crippen molar-refractivity contribution in [1.29, 1.82) is 0 Å². The van der Waals surface area contributed by atoms with Gasteiger partial charge in [-0.15, -0.1) is 0 Å². The van der Waals surface area contributed by atoms with Crippen molar-refractivity contribution < 1.29 is 9.53 Å². The number of carbonyl (C=O) groups is 1. The number of ether oxygens (including phenoxy) is 1. The van der Waals surface area contributed by atoms with Crippen molar-refractivity contribution in [3.8, 4) is 11.5 Å². The Kier molecular flexibility index (Phi) is 4.76. The number of aryl methyl sites for hydroxylation is 2. The van der Waals surface area contributed by atoms with E-state index < -0.39 is 0 Å². The van der Waals surface area contributed by atoms with Crippen LogP contribution in [0.1, 0.15) is 34.0 Å². The van der Waals surface area contributed by atoms with E-state index in [1.807, 2.05) is 67.6 Å². The summed E-state index contributed by atoms with van der Waals surface area (Å²) in [5.41, 5.74) is 3.79. The van der Waals surface area contributed by atoms with E-state index in [0.717, 1.165) is 17.9 Å². The van der Waals surface area contributed by atoms with Crippen molar-refractivity contribution in [3.63, 3.8) is 0 Å². The lowest BCUT2D eigenvalue weighted by Crippen LogP contribution is -2.01. The molecule has 0 radical (unpaired) electrons. The van der Waals surface area contributed by atoms with Crippen molar-refractivity contribution in [2.45, 2.75) is 20.3 Å². The Labute approximate surface area is 142 Å². The Hall–Kier alpha value is -2.87. The lowest BCUT2D eigenvalue weighted by atomic mass is 10.0. The first kappa shape index (κ1) is 16.0. The first-order chi connectivity index (χ1) is 11.7. The fourth-order valence-electron chi connectivity index (χ4n) is 2.48. The second kappa shape index (κ2) is 7.14. The molecule has 0 aliphatic carbocycles. The molecule has 3 aromatic rings. The van der Waals surface area contributed by atoms with Crippen LogP contribution in [0.4, 0.5) is 0 Å². The molecule has 0 N–H and O–H groups in total. The van der Waals surface area contributed by atoms with Crippen LogP contribution < -0.4 is 4.74 Å². The molecule has 0 aliphatic rings. The van der Waals surface area contributed by atoms with E-state index in [1.165, 1.54) is 11.1 Å². The first-order valence-corrected chi connectivity index (χ1v) is 8.14. The van der Waals surface area contributed by atoms with Gasteiger partial charge in [0, 0.05) is 11.1 Å². The Morgan fingerprint density at radius 2 is 1.21 bits per heavy atom. The van der Waals surface area contributed by atoms with Crippen LogP contribution in [0.5, 0.6) is 11.5 Å². The molecule has 0 spiro atoms. The van der Waals surface area contributed by atoms with Crippen LogP contribution >= 0.6 is 0 Å². The van der Waals surface area contributed by atoms with Gasteiger partial charge in [0.2, 0.25) is 0 Å². The van der Waals surface area contributed by atoms with Crippen molar-refractivity contribution in [1.82, 2.24) is 0 Å². The third-order valence-electron chi connectivity index (χ3n) is 4.00. The second-order valence-corrected chi connectivity index (χ2v) is 5.82. The van der Waals surface area contributed by atoms with Gasteiger partial charge in [0.05, 0.1) is 0 Å². The average Bonchev–Trinajstić information content (AvgIpc) is 2.64. The molecule has 0 atom stereocenters. The summed E-state index contributed by atoms with van der Waals surface area (Å²) < 4.78 is 5.79. The van der Waals surface area contributed by atoms with Crippen LogP contribution in [-0.4, -0.2) is 5.78 Å². The number of ketones is 1. The Balaban J connectivity index is 1.73. The molecule has 0 saturated heterocycles. The van der Waals surface area contributed by atoms with Crippen LogP contribution in [0.15, 0.2) is 72.8 Å². The Morgan fingerprint density at radius 3 is 1.71 bits per heavy atom. The highest BCUT2D eigenvalue weighted by Gasteiger charge is 2.09. The van der Waals surface area contributed by atoms with Gasteiger partial charge in [-0.05, 0) is 55.3 Å². The van der Waals surface area contributed by atoms with E-state index in [-0.39, 0.29) is 5.78 Å². The fraction of sp³-hybridized carbons (Fsp3) is 0.136. The zero-order valence-electron chi connectivity index (χ0n) is 14.0. The third kappa shape index (κ3) is 3.72. The molecular formula is C22H20O2. The molecule has 0 saturated carbocycles. The van der Waals surface area contributed by atoms with E-state index in [1.54, 1.807) is 12.1 Å². The maximum atomic E-state index is 12.5. The molecule has 0 aliphatic heterocycles. The van der Waals surface area contributed by atoms with Crippen LogP contribution in [0.25, 0.3) is 0 Å². The molecule has 0 heterocycles. The van der Waals surface area contributed by atoms with Gasteiger partial charge in [0.15, 0.2) is 5.78 Å². The van der Waals surface area contributed by atoms with Crippen molar-refractivity contribution in [2.24, 2.45) is 0 Å². The van der Waals surface area contributed by atoms with Gasteiger partial charge in [-0.3, -0.25) is 4.79 Å². The molecule has 0 aromatic heterocycles. The minimum Gasteiger partial charge on any atom is -0.457 e. The highest BCUT2D eigenvalue weighted by atomic mass is 16.5. The zero-order valence-corrected chi connectivity index (χ0v) is 14.0. The zero-order chi connectivity index (χ0) is 16.9. The van der Waals surface area contributed by atoms with Gasteiger partial charge >= 0.3 is 0 Å². The summed E-state index contributed by atoms with van der Waals surface area (Å²) in [5, 5.41) is 0. The lowest BCUT2D eigenvalue weighted by Gasteiger charge is -2.07. The summed E-state index contributed by atoms with van der Waals surface area (Å²) in [7, 11) is 0. The summed E-state index contributed by atoms with van der Waals surface area (Å²) in [6.45, 7) is 4.14. The van der Waals surface area contributed by atoms with E-state index in [2.05, 4.69) is 6.92 Å². The molecule has 0 bridgehead atoms. The van der Waals surface area contributed by atoms with Gasteiger partial charge in [0.25, 0.3) is 0 Å². The Morgan fingerprint density at radius 1 is 0.750 bits per heavy atom. The smallest absolute Gasteiger partial charge is 0.193 e. The molecule has 0 fully saturated rings. The predicted octanol–water partition coefficient (Wildman–Crippen LogP) is 5.58. The van der Waals surface area contributed by atoms with Crippen LogP contribution in [-0.2, 0) is 6.42 Å². The van der Waals surface area contributed by atoms with E-state index >= 15 is 0 Å². The predicted molar refractivity (Wildman–Crippen MR) is 96.9 cm³/mol. The van der Waals surface area contributed by atoms with Crippen LogP contribution in [0, 0.1) is 6.92 Å². The van der Waals surface area contributed by atoms with Gasteiger partial charge in [-0.1, -0.05) is 48.9 Å². The Bertz CT molecular complexity index is 813. The molecule has 3 aromatic carbocycles. The molecule has 120 valence electrons. The maximum Gasteiger partial charge on any atom is 0.193 e. The number of benzene rings is 3. The highest BCUT2D eigenvalue weighted by molar-refractivity contribution is 6.09. The minimum atomic E-state index is 0.0274. The molecule has 2 heteroatoms. The minimum absolute atomic E-state index is 0.0274. The summed E-state index contributed by atoms with van der Waals surface area (Å²) in [6, 6.07) is 22.9. The van der Waals surface area contributed by atoms with E-state index in [0.29, 0.717) is 11.1 Å². The topological polar surface area (TPSA) is 26.3 Å². The maximum absolute atomic E-state index is 12.5. The summed E-state index contributed by atoms with van der Waals surface area (Å²) in [6.07, 6.45) is 0.972. The monoisotopic (exact) mass is 316 g/mol. The lowest BCUT2D eigenvalue weighted by molar-refractivity contribution is 0.103. The van der Waals surface area contributed by atoms with Crippen molar-refractivity contribution in [3.05, 3.63) is 95.1 Å². The average molecular weight is 316 g/mol. The second-order valence-electron chi connectivity index (χ2n) is 5.82. The summed E-state index contributed by atoms with van der Waals surface area (Å²) >= 11 is 0. The number of hydrogen-bond acceptors (Lipinski definition) is 2. The molecule has 0 amide bonds. The van der Waals surface area contributed by atoms with Crippen LogP contribution in [0.3, 0.4) is 0 Å². The summed E-state index contributed by atoms with van der Waals surface area (Å²) in [5.74, 6) is 1.53. The normalized spacial score (nSPS) is 10.4. The van der Waals surface area contributed by atoms with Crippen molar-refractivity contribution in [2.75, 3.05) is 0 Å². The van der Waals surface area contributed by atoms with Gasteiger partial charge in [0.1, 0.15) is 11.5 Å². The molecular weight excluding hydrogens is 296 g/mol. The van der Waals surface area contributed by atoms with E-state index in [4.69, 9.17) is 4.74 Å². The van der Waals surface area contributed by atoms with Gasteiger partial charge < -0.3 is 4.74 Å². The number of carbonyl (C=O) groups excluding carboxylic acids is 1. The largest absolute Gasteiger partial charge is 0.457 e.